The van der Waals surface area contributed by atoms with E-state index in [9.17, 15) is 4.79 Å². The molecule has 0 aromatic heterocycles. The third kappa shape index (κ3) is 5.45. The summed E-state index contributed by atoms with van der Waals surface area (Å²) in [6.07, 6.45) is 1.68. The molecule has 116 valence electrons. The van der Waals surface area contributed by atoms with Crippen molar-refractivity contribution in [2.24, 2.45) is 0 Å². The lowest BCUT2D eigenvalue weighted by Crippen LogP contribution is -2.41. The van der Waals surface area contributed by atoms with Crippen molar-refractivity contribution in [3.8, 4) is 0 Å². The summed E-state index contributed by atoms with van der Waals surface area (Å²) in [7, 11) is 0. The second kappa shape index (κ2) is 9.15. The quantitative estimate of drug-likeness (QED) is 0.596. The zero-order chi connectivity index (χ0) is 15.6. The fourth-order valence-corrected chi connectivity index (χ4v) is 2.49. The number of carbonyl (C=O) groups excluding carboxylic acids is 1. The normalized spacial score (nSPS) is 10.2. The zero-order valence-corrected chi connectivity index (χ0v) is 13.5. The Hall–Kier alpha value is -1.94. The van der Waals surface area contributed by atoms with Crippen LogP contribution in [0, 0.1) is 0 Å². The van der Waals surface area contributed by atoms with Gasteiger partial charge in [-0.25, -0.2) is 4.79 Å². The molecule has 0 unspecified atom stereocenters. The maximum atomic E-state index is 12.2. The van der Waals surface area contributed by atoms with Gasteiger partial charge in [-0.3, -0.25) is 0 Å². The van der Waals surface area contributed by atoms with Gasteiger partial charge < -0.3 is 10.2 Å². The number of rotatable bonds is 7. The molecule has 0 atom stereocenters. The molecule has 0 radical (unpaired) electrons. The number of thiol groups is 1. The fraction of sp³-hybridized carbons (Fsp3) is 0.278. The lowest BCUT2D eigenvalue weighted by atomic mass is 10.1. The van der Waals surface area contributed by atoms with Crippen molar-refractivity contribution in [1.82, 2.24) is 10.2 Å². The summed E-state index contributed by atoms with van der Waals surface area (Å²) in [5, 5.41) is 2.96. The molecule has 0 fully saturated rings. The SMILES string of the molecule is O=C(NCCc1ccccc1)N(CS)CCc1ccccc1. The molecule has 0 heterocycles. The van der Waals surface area contributed by atoms with E-state index in [2.05, 4.69) is 42.2 Å². The molecule has 0 bridgehead atoms. The van der Waals surface area contributed by atoms with Crippen LogP contribution >= 0.6 is 12.6 Å². The minimum absolute atomic E-state index is 0.0538. The van der Waals surface area contributed by atoms with Gasteiger partial charge in [0.25, 0.3) is 0 Å². The molecule has 0 saturated heterocycles. The van der Waals surface area contributed by atoms with E-state index in [-0.39, 0.29) is 6.03 Å². The van der Waals surface area contributed by atoms with Gasteiger partial charge >= 0.3 is 6.03 Å². The molecule has 0 spiro atoms. The molecule has 22 heavy (non-hydrogen) atoms. The molecule has 4 heteroatoms. The molecule has 2 amide bonds. The van der Waals surface area contributed by atoms with Gasteiger partial charge in [0, 0.05) is 13.1 Å². The molecule has 0 aliphatic carbocycles. The lowest BCUT2D eigenvalue weighted by Gasteiger charge is -2.21. The van der Waals surface area contributed by atoms with Crippen molar-refractivity contribution >= 4 is 18.7 Å². The van der Waals surface area contributed by atoms with Gasteiger partial charge in [0.1, 0.15) is 0 Å². The van der Waals surface area contributed by atoms with E-state index in [1.165, 1.54) is 11.1 Å². The Bertz CT molecular complexity index is 560. The summed E-state index contributed by atoms with van der Waals surface area (Å²) < 4.78 is 0. The summed E-state index contributed by atoms with van der Waals surface area (Å²) in [6.45, 7) is 1.31. The minimum Gasteiger partial charge on any atom is -0.338 e. The first-order chi connectivity index (χ1) is 10.8. The van der Waals surface area contributed by atoms with Gasteiger partial charge in [0.15, 0.2) is 0 Å². The molecule has 0 aliphatic heterocycles. The van der Waals surface area contributed by atoms with Crippen molar-refractivity contribution in [2.45, 2.75) is 12.8 Å². The highest BCUT2D eigenvalue weighted by molar-refractivity contribution is 7.80. The van der Waals surface area contributed by atoms with E-state index in [1.807, 2.05) is 36.4 Å². The Morgan fingerprint density at radius 3 is 2.00 bits per heavy atom. The molecular weight excluding hydrogens is 292 g/mol. The van der Waals surface area contributed by atoms with Crippen molar-refractivity contribution in [1.29, 1.82) is 0 Å². The average molecular weight is 314 g/mol. The van der Waals surface area contributed by atoms with Gasteiger partial charge in [-0.15, -0.1) is 0 Å². The smallest absolute Gasteiger partial charge is 0.318 e. The molecule has 2 rings (SSSR count). The highest BCUT2D eigenvalue weighted by Gasteiger charge is 2.10. The largest absolute Gasteiger partial charge is 0.338 e. The van der Waals surface area contributed by atoms with Crippen molar-refractivity contribution in [3.63, 3.8) is 0 Å². The van der Waals surface area contributed by atoms with Crippen LogP contribution in [0.2, 0.25) is 0 Å². The molecular formula is C18H22N2OS. The molecule has 1 N–H and O–H groups in total. The maximum Gasteiger partial charge on any atom is 0.318 e. The van der Waals surface area contributed by atoms with Crippen LogP contribution in [0.5, 0.6) is 0 Å². The van der Waals surface area contributed by atoms with Crippen molar-refractivity contribution in [3.05, 3.63) is 71.8 Å². The fourth-order valence-electron chi connectivity index (χ4n) is 2.22. The summed E-state index contributed by atoms with van der Waals surface area (Å²) >= 11 is 4.26. The van der Waals surface area contributed by atoms with E-state index in [0.717, 1.165) is 12.8 Å². The van der Waals surface area contributed by atoms with Crippen LogP contribution in [0.1, 0.15) is 11.1 Å². The van der Waals surface area contributed by atoms with Crippen molar-refractivity contribution in [2.75, 3.05) is 19.0 Å². The monoisotopic (exact) mass is 314 g/mol. The first kappa shape index (κ1) is 16.4. The number of benzene rings is 2. The number of nitrogens with one attached hydrogen (secondary N) is 1. The number of carbonyl (C=O) groups is 1. The Kier molecular flexibility index (Phi) is 6.84. The summed E-state index contributed by atoms with van der Waals surface area (Å²) in [5.74, 6) is 0.421. The first-order valence-corrected chi connectivity index (χ1v) is 8.14. The van der Waals surface area contributed by atoms with E-state index in [0.29, 0.717) is 19.0 Å². The van der Waals surface area contributed by atoms with Gasteiger partial charge in [0.05, 0.1) is 5.88 Å². The van der Waals surface area contributed by atoms with Gasteiger partial charge in [-0.05, 0) is 24.0 Å². The molecule has 0 aliphatic rings. The summed E-state index contributed by atoms with van der Waals surface area (Å²) in [4.78, 5) is 13.9. The number of hydrogen-bond acceptors (Lipinski definition) is 2. The second-order valence-electron chi connectivity index (χ2n) is 5.11. The highest BCUT2D eigenvalue weighted by Crippen LogP contribution is 2.03. The van der Waals surface area contributed by atoms with E-state index in [4.69, 9.17) is 0 Å². The average Bonchev–Trinajstić information content (AvgIpc) is 2.57. The Labute approximate surface area is 137 Å². The molecule has 0 saturated carbocycles. The molecule has 2 aromatic rings. The van der Waals surface area contributed by atoms with Crippen molar-refractivity contribution < 1.29 is 4.79 Å². The number of nitrogens with zero attached hydrogens (tertiary/aromatic N) is 1. The maximum absolute atomic E-state index is 12.2. The third-order valence-electron chi connectivity index (χ3n) is 3.50. The van der Waals surface area contributed by atoms with Gasteiger partial charge in [0.2, 0.25) is 0 Å². The van der Waals surface area contributed by atoms with E-state index < -0.39 is 0 Å². The van der Waals surface area contributed by atoms with Crippen LogP contribution in [-0.4, -0.2) is 29.9 Å². The van der Waals surface area contributed by atoms with Gasteiger partial charge in [-0.2, -0.15) is 12.6 Å². The minimum atomic E-state index is -0.0538. The number of amides is 2. The number of hydrogen-bond donors (Lipinski definition) is 2. The van der Waals surface area contributed by atoms with Crippen LogP contribution in [0.15, 0.2) is 60.7 Å². The van der Waals surface area contributed by atoms with Crippen LogP contribution in [-0.2, 0) is 12.8 Å². The zero-order valence-electron chi connectivity index (χ0n) is 12.6. The Balaban J connectivity index is 1.74. The lowest BCUT2D eigenvalue weighted by molar-refractivity contribution is 0.207. The van der Waals surface area contributed by atoms with E-state index in [1.54, 1.807) is 4.90 Å². The predicted molar refractivity (Wildman–Crippen MR) is 94.2 cm³/mol. The van der Waals surface area contributed by atoms with E-state index >= 15 is 0 Å². The standard InChI is InChI=1S/C18H22N2OS/c21-18(19-13-11-16-7-3-1-4-8-16)20(15-22)14-12-17-9-5-2-6-10-17/h1-10,22H,11-15H2,(H,19,21). The number of urea groups is 1. The predicted octanol–water partition coefficient (Wildman–Crippen LogP) is 3.37. The Morgan fingerprint density at radius 2 is 1.45 bits per heavy atom. The van der Waals surface area contributed by atoms with Crippen LogP contribution in [0.3, 0.4) is 0 Å². The highest BCUT2D eigenvalue weighted by atomic mass is 32.1. The Morgan fingerprint density at radius 1 is 0.909 bits per heavy atom. The summed E-state index contributed by atoms with van der Waals surface area (Å²) in [5.41, 5.74) is 2.45. The first-order valence-electron chi connectivity index (χ1n) is 7.51. The van der Waals surface area contributed by atoms with Crippen LogP contribution < -0.4 is 5.32 Å². The second-order valence-corrected chi connectivity index (χ2v) is 5.39. The molecule has 3 nitrogen and oxygen atoms in total. The third-order valence-corrected chi connectivity index (χ3v) is 3.85. The van der Waals surface area contributed by atoms with Crippen LogP contribution in [0.4, 0.5) is 4.79 Å². The molecule has 2 aromatic carbocycles. The topological polar surface area (TPSA) is 32.3 Å². The van der Waals surface area contributed by atoms with Crippen LogP contribution in [0.25, 0.3) is 0 Å². The summed E-state index contributed by atoms with van der Waals surface area (Å²) in [6, 6.07) is 20.3. The van der Waals surface area contributed by atoms with Gasteiger partial charge in [-0.1, -0.05) is 60.7 Å².